The number of carbonyl (C=O) groups is 2. The second kappa shape index (κ2) is 8.56. The summed E-state index contributed by atoms with van der Waals surface area (Å²) < 4.78 is 0. The molecule has 2 aromatic carbocycles. The van der Waals surface area contributed by atoms with E-state index in [1.165, 1.54) is 0 Å². The van der Waals surface area contributed by atoms with Gasteiger partial charge in [0.15, 0.2) is 0 Å². The van der Waals surface area contributed by atoms with Gasteiger partial charge in [-0.15, -0.1) is 0 Å². The molecule has 116 valence electrons. The highest BCUT2D eigenvalue weighted by molar-refractivity contribution is 5.88. The molecule has 0 aliphatic rings. The van der Waals surface area contributed by atoms with E-state index >= 15 is 0 Å². The Morgan fingerprint density at radius 2 is 1.41 bits per heavy atom. The van der Waals surface area contributed by atoms with Crippen molar-refractivity contribution in [2.45, 2.75) is 6.04 Å². The molecule has 0 aliphatic heterocycles. The summed E-state index contributed by atoms with van der Waals surface area (Å²) in [5.41, 5.74) is 7.20. The molecule has 0 saturated heterocycles. The molecule has 0 aromatic heterocycles. The predicted octanol–water partition coefficient (Wildman–Crippen LogP) is 1.44. The highest BCUT2D eigenvalue weighted by Crippen LogP contribution is 2.18. The summed E-state index contributed by atoms with van der Waals surface area (Å²) in [4.78, 5) is 20.3. The van der Waals surface area contributed by atoms with Gasteiger partial charge in [0.05, 0.1) is 12.2 Å². The minimum absolute atomic E-state index is 0.315. The Morgan fingerprint density at radius 1 is 0.909 bits per heavy atom. The van der Waals surface area contributed by atoms with Crippen molar-refractivity contribution in [3.05, 3.63) is 60.2 Å². The van der Waals surface area contributed by atoms with Crippen LogP contribution in [0.1, 0.15) is 10.4 Å². The highest BCUT2D eigenvalue weighted by atomic mass is 16.4. The molecule has 0 spiro atoms. The molecule has 5 N–H and O–H groups in total. The minimum atomic E-state index is -1.18. The van der Waals surface area contributed by atoms with Gasteiger partial charge >= 0.3 is 11.9 Å². The molecule has 1 atom stereocenters. The lowest BCUT2D eigenvalue weighted by atomic mass is 10.0. The molecule has 1 unspecified atom stereocenters. The Labute approximate surface area is 127 Å². The van der Waals surface area contributed by atoms with E-state index in [1.807, 2.05) is 42.5 Å². The van der Waals surface area contributed by atoms with Crippen molar-refractivity contribution in [3.8, 4) is 11.1 Å². The zero-order valence-electron chi connectivity index (χ0n) is 11.7. The van der Waals surface area contributed by atoms with E-state index in [0.29, 0.717) is 5.56 Å². The lowest BCUT2D eigenvalue weighted by molar-refractivity contribution is -0.139. The van der Waals surface area contributed by atoms with Crippen molar-refractivity contribution in [2.24, 2.45) is 5.73 Å². The van der Waals surface area contributed by atoms with Gasteiger partial charge in [-0.3, -0.25) is 4.79 Å². The molecule has 6 heteroatoms. The second-order valence-electron chi connectivity index (χ2n) is 4.38. The van der Waals surface area contributed by atoms with Crippen molar-refractivity contribution in [1.29, 1.82) is 0 Å². The van der Waals surface area contributed by atoms with Gasteiger partial charge in [0, 0.05) is 0 Å². The standard InChI is InChI=1S/C13H10O2.C3H7NO3/c14-13(15)12-8-6-11(7-9-12)10-4-2-1-3-5-10;4-2(1-5)3(6)7/h1-9H,(H,14,15);2,5H,1,4H2,(H,6,7). The summed E-state index contributed by atoms with van der Waals surface area (Å²) in [7, 11) is 0. The van der Waals surface area contributed by atoms with Crippen LogP contribution in [0.4, 0.5) is 0 Å². The monoisotopic (exact) mass is 303 g/mol. The molecule has 2 aromatic rings. The normalized spacial score (nSPS) is 11.0. The van der Waals surface area contributed by atoms with Crippen LogP contribution in [0, 0.1) is 0 Å². The van der Waals surface area contributed by atoms with Gasteiger partial charge in [0.25, 0.3) is 0 Å². The van der Waals surface area contributed by atoms with Crippen LogP contribution in [-0.4, -0.2) is 39.9 Å². The Morgan fingerprint density at radius 3 is 1.77 bits per heavy atom. The van der Waals surface area contributed by atoms with Crippen molar-refractivity contribution >= 4 is 11.9 Å². The van der Waals surface area contributed by atoms with Gasteiger partial charge in [0.1, 0.15) is 6.04 Å². The third-order valence-electron chi connectivity index (χ3n) is 2.75. The van der Waals surface area contributed by atoms with Gasteiger partial charge in [-0.25, -0.2) is 4.79 Å². The summed E-state index contributed by atoms with van der Waals surface area (Å²) >= 11 is 0. The molecule has 0 amide bonds. The summed E-state index contributed by atoms with van der Waals surface area (Å²) in [5, 5.41) is 24.6. The second-order valence-corrected chi connectivity index (χ2v) is 4.38. The molecule has 0 fully saturated rings. The van der Waals surface area contributed by atoms with Crippen LogP contribution in [0.2, 0.25) is 0 Å². The summed E-state index contributed by atoms with van der Waals surface area (Å²) in [5.74, 6) is -2.07. The van der Waals surface area contributed by atoms with Crippen LogP contribution in [0.25, 0.3) is 11.1 Å². The average molecular weight is 303 g/mol. The maximum atomic E-state index is 10.6. The van der Waals surface area contributed by atoms with Gasteiger partial charge in [-0.1, -0.05) is 42.5 Å². The van der Waals surface area contributed by atoms with Gasteiger partial charge < -0.3 is 21.1 Å². The zero-order valence-corrected chi connectivity index (χ0v) is 11.7. The van der Waals surface area contributed by atoms with E-state index in [9.17, 15) is 9.59 Å². The van der Waals surface area contributed by atoms with E-state index in [0.717, 1.165) is 11.1 Å². The summed E-state index contributed by atoms with van der Waals surface area (Å²) in [6.45, 7) is -0.505. The number of aliphatic hydroxyl groups excluding tert-OH is 1. The van der Waals surface area contributed by atoms with Crippen LogP contribution in [-0.2, 0) is 4.79 Å². The number of benzene rings is 2. The molecule has 0 radical (unpaired) electrons. The van der Waals surface area contributed by atoms with Crippen LogP contribution >= 0.6 is 0 Å². The van der Waals surface area contributed by atoms with E-state index in [2.05, 4.69) is 0 Å². The molecule has 2 rings (SSSR count). The average Bonchev–Trinajstić information content (AvgIpc) is 2.55. The fourth-order valence-electron chi connectivity index (χ4n) is 1.51. The summed E-state index contributed by atoms with van der Waals surface area (Å²) in [6, 6.07) is 15.6. The van der Waals surface area contributed by atoms with Crippen molar-refractivity contribution in [1.82, 2.24) is 0 Å². The van der Waals surface area contributed by atoms with Crippen LogP contribution in [0.15, 0.2) is 54.6 Å². The Hall–Kier alpha value is -2.70. The van der Waals surface area contributed by atoms with E-state index in [1.54, 1.807) is 12.1 Å². The van der Waals surface area contributed by atoms with Gasteiger partial charge in [-0.05, 0) is 23.3 Å². The van der Waals surface area contributed by atoms with Gasteiger partial charge in [0.2, 0.25) is 0 Å². The lowest BCUT2D eigenvalue weighted by Crippen LogP contribution is -2.33. The number of aliphatic carboxylic acids is 1. The van der Waals surface area contributed by atoms with Crippen molar-refractivity contribution in [2.75, 3.05) is 6.61 Å². The molecular formula is C16H17NO5. The third-order valence-corrected chi connectivity index (χ3v) is 2.75. The molecule has 6 nitrogen and oxygen atoms in total. The number of aromatic carboxylic acids is 1. The Balaban J connectivity index is 0.000000295. The number of hydrogen-bond acceptors (Lipinski definition) is 4. The first kappa shape index (κ1) is 17.4. The number of carboxylic acid groups (broad SMARTS) is 2. The fourth-order valence-corrected chi connectivity index (χ4v) is 1.51. The van der Waals surface area contributed by atoms with Crippen molar-refractivity contribution in [3.63, 3.8) is 0 Å². The number of rotatable bonds is 4. The molecule has 0 saturated carbocycles. The SMILES string of the molecule is NC(CO)C(=O)O.O=C(O)c1ccc(-c2ccccc2)cc1. The topological polar surface area (TPSA) is 121 Å². The first-order chi connectivity index (χ1) is 10.5. The Bertz CT molecular complexity index is 610. The maximum absolute atomic E-state index is 10.6. The lowest BCUT2D eigenvalue weighted by Gasteiger charge is -2.01. The molecule has 0 bridgehead atoms. The van der Waals surface area contributed by atoms with Crippen molar-refractivity contribution < 1.29 is 24.9 Å². The van der Waals surface area contributed by atoms with Crippen LogP contribution in [0.3, 0.4) is 0 Å². The first-order valence-electron chi connectivity index (χ1n) is 6.43. The number of hydrogen-bond donors (Lipinski definition) is 4. The quantitative estimate of drug-likeness (QED) is 0.678. The fraction of sp³-hybridized carbons (Fsp3) is 0.125. The smallest absolute Gasteiger partial charge is 0.335 e. The molecule has 22 heavy (non-hydrogen) atoms. The predicted molar refractivity (Wildman–Crippen MR) is 81.5 cm³/mol. The van der Waals surface area contributed by atoms with E-state index < -0.39 is 24.6 Å². The maximum Gasteiger partial charge on any atom is 0.335 e. The van der Waals surface area contributed by atoms with Crippen LogP contribution < -0.4 is 5.73 Å². The molecule has 0 aliphatic carbocycles. The van der Waals surface area contributed by atoms with E-state index in [4.69, 9.17) is 21.1 Å². The minimum Gasteiger partial charge on any atom is -0.480 e. The summed E-state index contributed by atoms with van der Waals surface area (Å²) in [6.07, 6.45) is 0. The largest absolute Gasteiger partial charge is 0.480 e. The third kappa shape index (κ3) is 5.35. The Kier molecular flexibility index (Phi) is 6.75. The number of carboxylic acids is 2. The van der Waals surface area contributed by atoms with Gasteiger partial charge in [-0.2, -0.15) is 0 Å². The molecule has 0 heterocycles. The number of aliphatic hydroxyl groups is 1. The molecular weight excluding hydrogens is 286 g/mol. The first-order valence-corrected chi connectivity index (χ1v) is 6.43. The highest BCUT2D eigenvalue weighted by Gasteiger charge is 2.07. The van der Waals surface area contributed by atoms with E-state index in [-0.39, 0.29) is 0 Å². The number of nitrogens with two attached hydrogens (primary N) is 1. The van der Waals surface area contributed by atoms with Crippen LogP contribution in [0.5, 0.6) is 0 Å². The zero-order chi connectivity index (χ0) is 16.5.